The molecule has 0 unspecified atom stereocenters. The fourth-order valence-electron chi connectivity index (χ4n) is 3.01. The molecule has 0 bridgehead atoms. The van der Waals surface area contributed by atoms with E-state index >= 15 is 0 Å². The van der Waals surface area contributed by atoms with Crippen molar-refractivity contribution in [1.82, 2.24) is 0 Å². The molecule has 4 aromatic rings. The minimum Gasteiger partial charge on any atom is -0.497 e. The number of benzene rings is 2. The van der Waals surface area contributed by atoms with E-state index < -0.39 is 5.97 Å². The van der Waals surface area contributed by atoms with Crippen LogP contribution in [0.4, 0.5) is 0 Å². The molecule has 1 N–H and O–H groups in total. The summed E-state index contributed by atoms with van der Waals surface area (Å²) in [6.45, 7) is 0.225. The van der Waals surface area contributed by atoms with E-state index in [9.17, 15) is 4.79 Å². The van der Waals surface area contributed by atoms with Gasteiger partial charge in [0.25, 0.3) is 0 Å². The smallest absolute Gasteiger partial charge is 0.307 e. The van der Waals surface area contributed by atoms with Crippen molar-refractivity contribution in [2.45, 2.75) is 13.0 Å². The van der Waals surface area contributed by atoms with Crippen LogP contribution in [0.15, 0.2) is 56.2 Å². The Labute approximate surface area is 162 Å². The first-order chi connectivity index (χ1) is 13.1. The zero-order valence-corrected chi connectivity index (χ0v) is 15.9. The lowest BCUT2D eigenvalue weighted by molar-refractivity contribution is -0.136. The van der Waals surface area contributed by atoms with Gasteiger partial charge in [0.05, 0.1) is 35.9 Å². The van der Waals surface area contributed by atoms with Gasteiger partial charge in [0.2, 0.25) is 0 Å². The molecule has 2 aromatic heterocycles. The van der Waals surface area contributed by atoms with Crippen LogP contribution in [0.1, 0.15) is 11.1 Å². The maximum absolute atomic E-state index is 11.1. The number of rotatable bonds is 6. The Morgan fingerprint density at radius 1 is 1.11 bits per heavy atom. The van der Waals surface area contributed by atoms with Crippen molar-refractivity contribution >= 4 is 43.8 Å². The van der Waals surface area contributed by atoms with Crippen molar-refractivity contribution < 1.29 is 28.2 Å². The van der Waals surface area contributed by atoms with Crippen LogP contribution >= 0.6 is 15.9 Å². The Balaban J connectivity index is 1.67. The van der Waals surface area contributed by atoms with E-state index in [2.05, 4.69) is 15.9 Å². The van der Waals surface area contributed by atoms with E-state index in [0.717, 1.165) is 32.0 Å². The Morgan fingerprint density at radius 2 is 1.96 bits per heavy atom. The van der Waals surface area contributed by atoms with Gasteiger partial charge in [-0.25, -0.2) is 0 Å². The zero-order chi connectivity index (χ0) is 19.0. The van der Waals surface area contributed by atoms with Gasteiger partial charge in [-0.05, 0) is 34.1 Å². The van der Waals surface area contributed by atoms with E-state index in [0.29, 0.717) is 17.1 Å². The van der Waals surface area contributed by atoms with Gasteiger partial charge in [-0.3, -0.25) is 4.79 Å². The van der Waals surface area contributed by atoms with Crippen molar-refractivity contribution in [2.75, 3.05) is 7.11 Å². The topological polar surface area (TPSA) is 82.0 Å². The predicted octanol–water partition coefficient (Wildman–Crippen LogP) is 5.16. The first-order valence-corrected chi connectivity index (χ1v) is 8.93. The van der Waals surface area contributed by atoms with Crippen LogP contribution in [0, 0.1) is 0 Å². The fourth-order valence-corrected chi connectivity index (χ4v) is 3.54. The van der Waals surface area contributed by atoms with E-state index in [1.165, 1.54) is 0 Å². The van der Waals surface area contributed by atoms with Gasteiger partial charge >= 0.3 is 5.97 Å². The third kappa shape index (κ3) is 3.26. The van der Waals surface area contributed by atoms with Gasteiger partial charge in [-0.1, -0.05) is 6.07 Å². The summed E-state index contributed by atoms with van der Waals surface area (Å²) in [6, 6.07) is 8.87. The Morgan fingerprint density at radius 3 is 2.74 bits per heavy atom. The maximum Gasteiger partial charge on any atom is 0.307 e. The summed E-state index contributed by atoms with van der Waals surface area (Å²) < 4.78 is 23.2. The minimum absolute atomic E-state index is 0.132. The number of hydrogen-bond donors (Lipinski definition) is 1. The van der Waals surface area contributed by atoms with Crippen LogP contribution < -0.4 is 9.47 Å². The lowest BCUT2D eigenvalue weighted by Gasteiger charge is -2.11. The number of carbonyl (C=O) groups is 1. The average Bonchev–Trinajstić information content (AvgIpc) is 3.27. The molecule has 0 saturated carbocycles. The summed E-state index contributed by atoms with van der Waals surface area (Å²) >= 11 is 3.51. The van der Waals surface area contributed by atoms with Crippen molar-refractivity contribution in [2.24, 2.45) is 0 Å². The van der Waals surface area contributed by atoms with Gasteiger partial charge in [0.1, 0.15) is 23.7 Å². The molecule has 2 aromatic carbocycles. The number of halogens is 1. The monoisotopic (exact) mass is 430 g/mol. The van der Waals surface area contributed by atoms with Gasteiger partial charge in [-0.2, -0.15) is 0 Å². The number of methoxy groups -OCH3 is 1. The number of ether oxygens (including phenoxy) is 2. The maximum atomic E-state index is 11.1. The third-order valence-electron chi connectivity index (χ3n) is 4.31. The molecular weight excluding hydrogens is 416 g/mol. The quantitative estimate of drug-likeness (QED) is 0.455. The van der Waals surface area contributed by atoms with E-state index in [-0.39, 0.29) is 13.0 Å². The number of carboxylic acids is 1. The van der Waals surface area contributed by atoms with Crippen molar-refractivity contribution in [3.8, 4) is 11.5 Å². The molecule has 0 spiro atoms. The first-order valence-electron chi connectivity index (χ1n) is 8.14. The molecular formula is C20H15BrO6. The molecule has 0 aliphatic rings. The number of fused-ring (bicyclic) bond motifs is 3. The first kappa shape index (κ1) is 17.5. The van der Waals surface area contributed by atoms with Gasteiger partial charge in [0, 0.05) is 22.6 Å². The van der Waals surface area contributed by atoms with Gasteiger partial charge in [-0.15, -0.1) is 0 Å². The lowest BCUT2D eigenvalue weighted by atomic mass is 10.1. The highest BCUT2D eigenvalue weighted by atomic mass is 79.9. The van der Waals surface area contributed by atoms with Crippen molar-refractivity contribution in [3.05, 3.63) is 58.5 Å². The van der Waals surface area contributed by atoms with Crippen LogP contribution in [0.3, 0.4) is 0 Å². The summed E-state index contributed by atoms with van der Waals surface area (Å²) in [5.74, 6) is 0.138. The molecule has 0 atom stereocenters. The number of aliphatic carboxylic acids is 1. The standard InChI is InChI=1S/C20H15BrO6/c1-24-13-3-2-11(6-18(22)23)17(7-13)26-9-12-10-27-19-14-4-5-25-20(14)16(21)8-15(12)19/h2-5,7-8,10H,6,9H2,1H3,(H,22,23). The molecule has 4 rings (SSSR count). The van der Waals surface area contributed by atoms with Crippen molar-refractivity contribution in [3.63, 3.8) is 0 Å². The molecule has 7 heteroatoms. The SMILES string of the molecule is COc1ccc(CC(=O)O)c(OCc2coc3c2cc(Br)c2occc23)c1. The van der Waals surface area contributed by atoms with Crippen LogP contribution in [-0.4, -0.2) is 18.2 Å². The third-order valence-corrected chi connectivity index (χ3v) is 4.90. The Kier molecular flexibility index (Phi) is 4.53. The number of furan rings is 2. The summed E-state index contributed by atoms with van der Waals surface area (Å²) in [6.07, 6.45) is 3.12. The molecule has 27 heavy (non-hydrogen) atoms. The molecule has 0 saturated heterocycles. The Bertz CT molecular complexity index is 1140. The Hall–Kier alpha value is -2.93. The molecule has 6 nitrogen and oxygen atoms in total. The second-order valence-electron chi connectivity index (χ2n) is 5.99. The summed E-state index contributed by atoms with van der Waals surface area (Å²) in [5.41, 5.74) is 2.87. The summed E-state index contributed by atoms with van der Waals surface area (Å²) in [5, 5.41) is 10.9. The second kappa shape index (κ2) is 7.00. The fraction of sp³-hybridized carbons (Fsp3) is 0.150. The number of hydrogen-bond acceptors (Lipinski definition) is 5. The second-order valence-corrected chi connectivity index (χ2v) is 6.85. The van der Waals surface area contributed by atoms with E-state index in [1.54, 1.807) is 37.8 Å². The predicted molar refractivity (Wildman–Crippen MR) is 102 cm³/mol. The largest absolute Gasteiger partial charge is 0.497 e. The van der Waals surface area contributed by atoms with Gasteiger partial charge < -0.3 is 23.4 Å². The summed E-state index contributed by atoms with van der Waals surface area (Å²) in [4.78, 5) is 11.1. The van der Waals surface area contributed by atoms with E-state index in [1.807, 2.05) is 12.1 Å². The van der Waals surface area contributed by atoms with Crippen LogP contribution in [0.25, 0.3) is 21.9 Å². The molecule has 0 radical (unpaired) electrons. The highest BCUT2D eigenvalue weighted by Gasteiger charge is 2.16. The number of carboxylic acid groups (broad SMARTS) is 1. The normalized spacial score (nSPS) is 11.2. The molecule has 0 fully saturated rings. The molecule has 2 heterocycles. The van der Waals surface area contributed by atoms with Crippen LogP contribution in [-0.2, 0) is 17.8 Å². The molecule has 0 aliphatic heterocycles. The van der Waals surface area contributed by atoms with E-state index in [4.69, 9.17) is 23.4 Å². The minimum atomic E-state index is -0.926. The highest BCUT2D eigenvalue weighted by molar-refractivity contribution is 9.10. The highest BCUT2D eigenvalue weighted by Crippen LogP contribution is 2.36. The average molecular weight is 431 g/mol. The zero-order valence-electron chi connectivity index (χ0n) is 14.3. The molecule has 138 valence electrons. The van der Waals surface area contributed by atoms with Gasteiger partial charge in [0.15, 0.2) is 5.58 Å². The molecule has 0 amide bonds. The van der Waals surface area contributed by atoms with Crippen LogP contribution in [0.5, 0.6) is 11.5 Å². The summed E-state index contributed by atoms with van der Waals surface area (Å²) in [7, 11) is 1.55. The molecule has 0 aliphatic carbocycles. The van der Waals surface area contributed by atoms with Crippen LogP contribution in [0.2, 0.25) is 0 Å². The van der Waals surface area contributed by atoms with Crippen molar-refractivity contribution in [1.29, 1.82) is 0 Å². The lowest BCUT2D eigenvalue weighted by Crippen LogP contribution is -2.04.